The van der Waals surface area contributed by atoms with Crippen LogP contribution in [-0.2, 0) is 0 Å². The molecule has 12 rings (SSSR count). The van der Waals surface area contributed by atoms with Gasteiger partial charge in [0, 0.05) is 49.6 Å². The molecule has 3 heterocycles. The van der Waals surface area contributed by atoms with Gasteiger partial charge in [0.25, 0.3) is 0 Å². The molecule has 9 aromatic carbocycles. The van der Waals surface area contributed by atoms with Crippen molar-refractivity contribution in [3.05, 3.63) is 224 Å². The number of para-hydroxylation sites is 3. The Bertz CT molecular complexity index is 3570. The third-order valence-corrected chi connectivity index (χ3v) is 12.0. The first kappa shape index (κ1) is 35.5. The van der Waals surface area contributed by atoms with Crippen molar-refractivity contribution < 1.29 is 0 Å². The highest BCUT2D eigenvalue weighted by Crippen LogP contribution is 2.40. The maximum Gasteiger partial charge on any atom is 0.164 e. The molecule has 3 aromatic heterocycles. The summed E-state index contributed by atoms with van der Waals surface area (Å²) < 4.78 is 4.77. The van der Waals surface area contributed by atoms with Crippen LogP contribution >= 0.6 is 0 Å². The first-order valence-electron chi connectivity index (χ1n) is 20.9. The Balaban J connectivity index is 1.08. The summed E-state index contributed by atoms with van der Waals surface area (Å²) in [7, 11) is 0. The van der Waals surface area contributed by atoms with Gasteiger partial charge in [-0.3, -0.25) is 0 Å². The first-order chi connectivity index (χ1) is 30.7. The number of hydrogen-bond acceptors (Lipinski definition) is 3. The topological polar surface area (TPSA) is 48.5 Å². The second-order valence-corrected chi connectivity index (χ2v) is 15.6. The summed E-state index contributed by atoms with van der Waals surface area (Å²) in [6, 6.07) is 79.2. The number of rotatable bonds is 7. The second kappa shape index (κ2) is 14.7. The lowest BCUT2D eigenvalue weighted by molar-refractivity contribution is 1.07. The summed E-state index contributed by atoms with van der Waals surface area (Å²) >= 11 is 0. The third-order valence-electron chi connectivity index (χ3n) is 12.0. The summed E-state index contributed by atoms with van der Waals surface area (Å²) in [5.74, 6) is 1.84. The van der Waals surface area contributed by atoms with Crippen LogP contribution in [0.4, 0.5) is 0 Å². The predicted molar refractivity (Wildman–Crippen MR) is 256 cm³/mol. The van der Waals surface area contributed by atoms with E-state index in [9.17, 15) is 0 Å². The fourth-order valence-electron chi connectivity index (χ4n) is 9.11. The highest BCUT2D eigenvalue weighted by Gasteiger charge is 2.20. The Morgan fingerprint density at radius 1 is 0.242 bits per heavy atom. The third kappa shape index (κ3) is 5.98. The van der Waals surface area contributed by atoms with Crippen LogP contribution in [0, 0.1) is 0 Å². The molecule has 62 heavy (non-hydrogen) atoms. The van der Waals surface area contributed by atoms with Crippen LogP contribution in [0.1, 0.15) is 0 Å². The van der Waals surface area contributed by atoms with Gasteiger partial charge in [-0.05, 0) is 76.9 Å². The first-order valence-corrected chi connectivity index (χ1v) is 20.9. The molecule has 0 aliphatic rings. The standard InChI is InChI=1S/C57H37N5/c1-4-17-38(18-5-1)41-23-16-24-42(35-41)56-58-55(40-21-8-3-9-22-40)59-57(60-56)50-37-43(31-33-45(50)39-19-6-2-7-20-39)62-53-30-15-12-27-48(53)49-36-44(32-34-54(49)62)61-51-28-13-10-25-46(51)47-26-11-14-29-52(47)61/h1-37H. The summed E-state index contributed by atoms with van der Waals surface area (Å²) in [5, 5.41) is 4.86. The van der Waals surface area contributed by atoms with E-state index in [0.29, 0.717) is 17.5 Å². The van der Waals surface area contributed by atoms with E-state index in [4.69, 9.17) is 15.0 Å². The molecular weight excluding hydrogens is 755 g/mol. The normalized spacial score (nSPS) is 11.5. The highest BCUT2D eigenvalue weighted by atomic mass is 15.0. The van der Waals surface area contributed by atoms with Gasteiger partial charge in [-0.2, -0.15) is 0 Å². The van der Waals surface area contributed by atoms with Crippen LogP contribution in [0.2, 0.25) is 0 Å². The van der Waals surface area contributed by atoms with Gasteiger partial charge < -0.3 is 9.13 Å². The molecule has 0 saturated heterocycles. The van der Waals surface area contributed by atoms with E-state index in [2.05, 4.69) is 209 Å². The molecule has 0 spiro atoms. The van der Waals surface area contributed by atoms with Crippen molar-refractivity contribution in [2.24, 2.45) is 0 Å². The minimum absolute atomic E-state index is 0.606. The quantitative estimate of drug-likeness (QED) is 0.162. The Kier molecular flexibility index (Phi) is 8.42. The van der Waals surface area contributed by atoms with Crippen LogP contribution in [0.15, 0.2) is 224 Å². The Labute approximate surface area is 358 Å². The number of fused-ring (bicyclic) bond motifs is 6. The van der Waals surface area contributed by atoms with Gasteiger partial charge in [0.15, 0.2) is 17.5 Å². The molecule has 0 aliphatic carbocycles. The molecule has 12 aromatic rings. The monoisotopic (exact) mass is 791 g/mol. The smallest absolute Gasteiger partial charge is 0.164 e. The van der Waals surface area contributed by atoms with Crippen LogP contribution in [0.5, 0.6) is 0 Å². The zero-order chi connectivity index (χ0) is 41.0. The number of aromatic nitrogens is 5. The van der Waals surface area contributed by atoms with Crippen molar-refractivity contribution in [2.45, 2.75) is 0 Å². The number of hydrogen-bond donors (Lipinski definition) is 0. The van der Waals surface area contributed by atoms with Gasteiger partial charge in [0.1, 0.15) is 0 Å². The summed E-state index contributed by atoms with van der Waals surface area (Å²) in [5.41, 5.74) is 13.9. The maximum atomic E-state index is 5.32. The molecule has 0 radical (unpaired) electrons. The Morgan fingerprint density at radius 3 is 1.31 bits per heavy atom. The van der Waals surface area contributed by atoms with E-state index in [1.807, 2.05) is 24.3 Å². The minimum atomic E-state index is 0.606. The van der Waals surface area contributed by atoms with Crippen molar-refractivity contribution in [3.63, 3.8) is 0 Å². The van der Waals surface area contributed by atoms with Crippen molar-refractivity contribution in [1.82, 2.24) is 24.1 Å². The Morgan fingerprint density at radius 2 is 0.677 bits per heavy atom. The molecule has 290 valence electrons. The summed E-state index contributed by atoms with van der Waals surface area (Å²) in [4.78, 5) is 15.7. The van der Waals surface area contributed by atoms with E-state index in [1.54, 1.807) is 0 Å². The second-order valence-electron chi connectivity index (χ2n) is 15.6. The van der Waals surface area contributed by atoms with E-state index in [1.165, 1.54) is 32.6 Å². The average Bonchev–Trinajstić information content (AvgIpc) is 3.87. The zero-order valence-electron chi connectivity index (χ0n) is 33.6. The van der Waals surface area contributed by atoms with E-state index in [0.717, 1.165) is 61.4 Å². The van der Waals surface area contributed by atoms with Gasteiger partial charge in [0.05, 0.1) is 22.1 Å². The van der Waals surface area contributed by atoms with E-state index >= 15 is 0 Å². The van der Waals surface area contributed by atoms with Gasteiger partial charge >= 0.3 is 0 Å². The molecule has 0 bridgehead atoms. The minimum Gasteiger partial charge on any atom is -0.309 e. The van der Waals surface area contributed by atoms with Crippen LogP contribution in [-0.4, -0.2) is 24.1 Å². The van der Waals surface area contributed by atoms with E-state index < -0.39 is 0 Å². The number of nitrogens with zero attached hydrogens (tertiary/aromatic N) is 5. The van der Waals surface area contributed by atoms with Crippen molar-refractivity contribution in [1.29, 1.82) is 0 Å². The zero-order valence-corrected chi connectivity index (χ0v) is 33.6. The van der Waals surface area contributed by atoms with Crippen molar-refractivity contribution >= 4 is 43.6 Å². The molecule has 0 fully saturated rings. The molecule has 5 nitrogen and oxygen atoms in total. The predicted octanol–water partition coefficient (Wildman–Crippen LogP) is 14.4. The van der Waals surface area contributed by atoms with E-state index in [-0.39, 0.29) is 0 Å². The molecule has 0 unspecified atom stereocenters. The largest absolute Gasteiger partial charge is 0.309 e. The molecule has 0 N–H and O–H groups in total. The molecular formula is C57H37N5. The Hall–Kier alpha value is -8.41. The summed E-state index contributed by atoms with van der Waals surface area (Å²) in [6.07, 6.45) is 0. The van der Waals surface area contributed by atoms with Crippen molar-refractivity contribution in [3.8, 4) is 67.8 Å². The lowest BCUT2D eigenvalue weighted by atomic mass is 9.98. The lowest BCUT2D eigenvalue weighted by Gasteiger charge is -2.16. The SMILES string of the molecule is c1ccc(-c2cccc(-c3nc(-c4ccccc4)nc(-c4cc(-n5c6ccccc6c6cc(-n7c8ccccc8c8ccccc87)ccc65)ccc4-c4ccccc4)n3)c2)cc1. The molecule has 5 heteroatoms. The molecule has 0 saturated carbocycles. The van der Waals surface area contributed by atoms with Crippen LogP contribution in [0.3, 0.4) is 0 Å². The fraction of sp³-hybridized carbons (Fsp3) is 0. The molecule has 0 atom stereocenters. The van der Waals surface area contributed by atoms with Gasteiger partial charge in [-0.1, -0.05) is 170 Å². The van der Waals surface area contributed by atoms with Gasteiger partial charge in [-0.15, -0.1) is 0 Å². The number of benzene rings is 9. The molecule has 0 amide bonds. The highest BCUT2D eigenvalue weighted by molar-refractivity contribution is 6.12. The lowest BCUT2D eigenvalue weighted by Crippen LogP contribution is -2.02. The van der Waals surface area contributed by atoms with Crippen molar-refractivity contribution in [2.75, 3.05) is 0 Å². The molecule has 0 aliphatic heterocycles. The summed E-state index contributed by atoms with van der Waals surface area (Å²) in [6.45, 7) is 0. The van der Waals surface area contributed by atoms with Gasteiger partial charge in [-0.25, -0.2) is 15.0 Å². The van der Waals surface area contributed by atoms with Crippen LogP contribution in [0.25, 0.3) is 111 Å². The van der Waals surface area contributed by atoms with Crippen LogP contribution < -0.4 is 0 Å². The average molecular weight is 792 g/mol. The maximum absolute atomic E-state index is 5.32. The fourth-order valence-corrected chi connectivity index (χ4v) is 9.11. The van der Waals surface area contributed by atoms with Gasteiger partial charge in [0.2, 0.25) is 0 Å².